The van der Waals surface area contributed by atoms with Crippen molar-refractivity contribution in [1.29, 1.82) is 0 Å². The number of anilines is 1. The fraction of sp³-hybridized carbons (Fsp3) is 0.233. The van der Waals surface area contributed by atoms with Gasteiger partial charge in [-0.25, -0.2) is 4.79 Å². The number of Topliss-reactive ketones (excluding diaryl/α,β-unsaturated/α-hetero) is 1. The molecule has 1 aliphatic heterocycles. The average Bonchev–Trinajstić information content (AvgIpc) is 3.18. The standard InChI is InChI=1S/C30H29NO6/c1-4-17-37-30(35)21-11-14-23(15-12-21)31-26(20-9-7-6-8-10-20)25(28(33)29(31)34)27(32)22-13-16-24(36-5-2)19(3)18-22/h6-16,18,26,32H,4-5,17H2,1-3H3/b27-25-. The summed E-state index contributed by atoms with van der Waals surface area (Å²) in [5.74, 6) is -1.60. The van der Waals surface area contributed by atoms with Gasteiger partial charge in [0.1, 0.15) is 11.5 Å². The first kappa shape index (κ1) is 25.7. The van der Waals surface area contributed by atoms with Gasteiger partial charge < -0.3 is 14.6 Å². The van der Waals surface area contributed by atoms with Crippen LogP contribution in [-0.4, -0.2) is 36.0 Å². The minimum Gasteiger partial charge on any atom is -0.507 e. The largest absolute Gasteiger partial charge is 0.507 e. The van der Waals surface area contributed by atoms with Crippen LogP contribution in [-0.2, 0) is 14.3 Å². The van der Waals surface area contributed by atoms with Crippen LogP contribution in [0.25, 0.3) is 5.76 Å². The highest BCUT2D eigenvalue weighted by Crippen LogP contribution is 2.42. The summed E-state index contributed by atoms with van der Waals surface area (Å²) in [7, 11) is 0. The van der Waals surface area contributed by atoms with Gasteiger partial charge in [-0.05, 0) is 73.9 Å². The van der Waals surface area contributed by atoms with E-state index in [-0.39, 0.29) is 11.3 Å². The fourth-order valence-electron chi connectivity index (χ4n) is 4.36. The third-order valence-corrected chi connectivity index (χ3v) is 6.13. The van der Waals surface area contributed by atoms with Crippen LogP contribution in [0.15, 0.2) is 78.4 Å². The highest BCUT2D eigenvalue weighted by Gasteiger charge is 2.47. The minimum atomic E-state index is -0.856. The number of carbonyl (C=O) groups excluding carboxylic acids is 3. The molecule has 0 aromatic heterocycles. The number of amides is 1. The number of carbonyl (C=O) groups is 3. The van der Waals surface area contributed by atoms with Crippen molar-refractivity contribution >= 4 is 29.1 Å². The Balaban J connectivity index is 1.80. The number of aryl methyl sites for hydroxylation is 1. The van der Waals surface area contributed by atoms with Crippen molar-refractivity contribution in [1.82, 2.24) is 0 Å². The van der Waals surface area contributed by atoms with E-state index >= 15 is 0 Å². The molecule has 0 radical (unpaired) electrons. The first-order valence-electron chi connectivity index (χ1n) is 12.2. The number of hydrogen-bond acceptors (Lipinski definition) is 6. The predicted octanol–water partition coefficient (Wildman–Crippen LogP) is 5.59. The number of ketones is 1. The molecule has 4 rings (SSSR count). The van der Waals surface area contributed by atoms with Crippen LogP contribution >= 0.6 is 0 Å². The Labute approximate surface area is 215 Å². The zero-order chi connectivity index (χ0) is 26.5. The summed E-state index contributed by atoms with van der Waals surface area (Å²) in [5, 5.41) is 11.3. The van der Waals surface area contributed by atoms with E-state index in [0.717, 1.165) is 5.56 Å². The summed E-state index contributed by atoms with van der Waals surface area (Å²) < 4.78 is 10.8. The smallest absolute Gasteiger partial charge is 0.338 e. The van der Waals surface area contributed by atoms with Gasteiger partial charge in [-0.1, -0.05) is 37.3 Å². The van der Waals surface area contributed by atoms with Gasteiger partial charge in [-0.3, -0.25) is 14.5 Å². The second-order valence-corrected chi connectivity index (χ2v) is 8.68. The molecule has 1 heterocycles. The van der Waals surface area contributed by atoms with Crippen LogP contribution in [0.2, 0.25) is 0 Å². The quantitative estimate of drug-likeness (QED) is 0.188. The lowest BCUT2D eigenvalue weighted by atomic mass is 9.94. The molecule has 1 unspecified atom stereocenters. The Morgan fingerprint density at radius 1 is 0.946 bits per heavy atom. The van der Waals surface area contributed by atoms with Gasteiger partial charge in [-0.15, -0.1) is 0 Å². The van der Waals surface area contributed by atoms with E-state index in [1.807, 2.05) is 39.0 Å². The SMILES string of the molecule is CCCOC(=O)c1ccc(N2C(=O)C(=O)/C(=C(\O)c3ccc(OCC)c(C)c3)C2c2ccccc2)cc1. The molecular formula is C30H29NO6. The maximum absolute atomic E-state index is 13.3. The molecule has 7 heteroatoms. The fourth-order valence-corrected chi connectivity index (χ4v) is 4.36. The number of aliphatic hydroxyl groups excluding tert-OH is 1. The van der Waals surface area contributed by atoms with Crippen LogP contribution in [0.3, 0.4) is 0 Å². The highest BCUT2D eigenvalue weighted by molar-refractivity contribution is 6.51. The monoisotopic (exact) mass is 499 g/mol. The van der Waals surface area contributed by atoms with Gasteiger partial charge in [0.05, 0.1) is 30.4 Å². The second-order valence-electron chi connectivity index (χ2n) is 8.68. The molecule has 1 N–H and O–H groups in total. The normalized spacial score (nSPS) is 16.6. The zero-order valence-corrected chi connectivity index (χ0v) is 21.1. The molecule has 3 aromatic carbocycles. The topological polar surface area (TPSA) is 93.1 Å². The van der Waals surface area contributed by atoms with E-state index in [9.17, 15) is 19.5 Å². The van der Waals surface area contributed by atoms with Crippen molar-refractivity contribution in [3.8, 4) is 5.75 Å². The molecule has 190 valence electrons. The third kappa shape index (κ3) is 5.11. The Morgan fingerprint density at radius 3 is 2.24 bits per heavy atom. The molecule has 0 bridgehead atoms. The van der Waals surface area contributed by atoms with E-state index < -0.39 is 23.7 Å². The summed E-state index contributed by atoms with van der Waals surface area (Å²) in [4.78, 5) is 40.2. The average molecular weight is 500 g/mol. The molecule has 1 aliphatic rings. The number of nitrogens with zero attached hydrogens (tertiary/aromatic N) is 1. The molecule has 1 fully saturated rings. The number of esters is 1. The molecule has 0 spiro atoms. The Bertz CT molecular complexity index is 1340. The molecule has 0 aliphatic carbocycles. The predicted molar refractivity (Wildman–Crippen MR) is 141 cm³/mol. The van der Waals surface area contributed by atoms with Gasteiger partial charge in [0, 0.05) is 11.3 Å². The number of ether oxygens (including phenoxy) is 2. The molecule has 0 saturated carbocycles. The summed E-state index contributed by atoms with van der Waals surface area (Å²) in [6, 6.07) is 19.7. The highest BCUT2D eigenvalue weighted by atomic mass is 16.5. The molecule has 1 atom stereocenters. The van der Waals surface area contributed by atoms with E-state index in [0.29, 0.717) is 47.8 Å². The number of aliphatic hydroxyl groups is 1. The van der Waals surface area contributed by atoms with Crippen molar-refractivity contribution in [2.24, 2.45) is 0 Å². The van der Waals surface area contributed by atoms with E-state index in [1.165, 1.54) is 4.90 Å². The van der Waals surface area contributed by atoms with Crippen molar-refractivity contribution in [3.05, 3.63) is 101 Å². The number of rotatable bonds is 8. The first-order valence-corrected chi connectivity index (χ1v) is 12.2. The molecule has 3 aromatic rings. The van der Waals surface area contributed by atoms with Crippen LogP contribution in [0.1, 0.15) is 53.4 Å². The van der Waals surface area contributed by atoms with Crippen LogP contribution in [0.4, 0.5) is 5.69 Å². The maximum atomic E-state index is 13.3. The van der Waals surface area contributed by atoms with Gasteiger partial charge in [0.25, 0.3) is 11.7 Å². The van der Waals surface area contributed by atoms with Gasteiger partial charge in [0.2, 0.25) is 0 Å². The van der Waals surface area contributed by atoms with Gasteiger partial charge >= 0.3 is 5.97 Å². The van der Waals surface area contributed by atoms with Gasteiger partial charge in [0.15, 0.2) is 0 Å². The summed E-state index contributed by atoms with van der Waals surface area (Å²) >= 11 is 0. The van der Waals surface area contributed by atoms with Crippen molar-refractivity contribution in [3.63, 3.8) is 0 Å². The van der Waals surface area contributed by atoms with Crippen LogP contribution in [0.5, 0.6) is 5.75 Å². The lowest BCUT2D eigenvalue weighted by Gasteiger charge is -2.25. The Hall–Kier alpha value is -4.39. The lowest BCUT2D eigenvalue weighted by Crippen LogP contribution is -2.29. The molecule has 1 amide bonds. The van der Waals surface area contributed by atoms with E-state index in [1.54, 1.807) is 54.6 Å². The summed E-state index contributed by atoms with van der Waals surface area (Å²) in [5.41, 5.74) is 2.62. The van der Waals surface area contributed by atoms with Crippen molar-refractivity contribution in [2.45, 2.75) is 33.2 Å². The van der Waals surface area contributed by atoms with Crippen molar-refractivity contribution < 1.29 is 29.0 Å². The lowest BCUT2D eigenvalue weighted by molar-refractivity contribution is -0.132. The molecule has 7 nitrogen and oxygen atoms in total. The first-order chi connectivity index (χ1) is 17.9. The summed E-state index contributed by atoms with van der Waals surface area (Å²) in [6.07, 6.45) is 0.708. The van der Waals surface area contributed by atoms with Gasteiger partial charge in [-0.2, -0.15) is 0 Å². The maximum Gasteiger partial charge on any atom is 0.338 e. The molecule has 1 saturated heterocycles. The van der Waals surface area contributed by atoms with Crippen LogP contribution in [0, 0.1) is 6.92 Å². The minimum absolute atomic E-state index is 0.00816. The zero-order valence-electron chi connectivity index (χ0n) is 21.1. The second kappa shape index (κ2) is 11.1. The molecular weight excluding hydrogens is 470 g/mol. The Morgan fingerprint density at radius 2 is 1.62 bits per heavy atom. The van der Waals surface area contributed by atoms with Crippen LogP contribution < -0.4 is 9.64 Å². The third-order valence-electron chi connectivity index (χ3n) is 6.13. The number of hydrogen-bond donors (Lipinski definition) is 1. The van der Waals surface area contributed by atoms with Crippen molar-refractivity contribution in [2.75, 3.05) is 18.1 Å². The van der Waals surface area contributed by atoms with E-state index in [4.69, 9.17) is 9.47 Å². The Kier molecular flexibility index (Phi) is 7.72. The number of benzene rings is 3. The molecule has 37 heavy (non-hydrogen) atoms. The van der Waals surface area contributed by atoms with E-state index in [2.05, 4.69) is 0 Å². The summed E-state index contributed by atoms with van der Waals surface area (Å²) in [6.45, 7) is 6.46.